The number of carbonyl (C=O) groups excluding carboxylic acids is 1. The molecule has 3 aliphatic heterocycles. The summed E-state index contributed by atoms with van der Waals surface area (Å²) < 4.78 is 35.4. The lowest BCUT2D eigenvalue weighted by Gasteiger charge is -2.42. The van der Waals surface area contributed by atoms with Crippen LogP contribution in [-0.2, 0) is 22.6 Å². The second-order valence-corrected chi connectivity index (χ2v) is 12.1. The van der Waals surface area contributed by atoms with E-state index in [1.165, 1.54) is 5.06 Å². The predicted octanol–water partition coefficient (Wildman–Crippen LogP) is 5.29. The molecule has 2 unspecified atom stereocenters. The third-order valence-electron chi connectivity index (χ3n) is 9.23. The fourth-order valence-corrected chi connectivity index (χ4v) is 6.67. The number of piperidine rings is 2. The first-order valence-corrected chi connectivity index (χ1v) is 15.7. The lowest BCUT2D eigenvalue weighted by molar-refractivity contribution is -0.212. The number of nitrogens with one attached hydrogen (secondary N) is 1. The van der Waals surface area contributed by atoms with Crippen molar-refractivity contribution in [2.24, 2.45) is 0 Å². The van der Waals surface area contributed by atoms with Crippen molar-refractivity contribution in [3.63, 3.8) is 0 Å². The zero-order valence-corrected chi connectivity index (χ0v) is 24.9. The van der Waals surface area contributed by atoms with Crippen molar-refractivity contribution in [2.45, 2.75) is 62.4 Å². The summed E-state index contributed by atoms with van der Waals surface area (Å²) in [4.78, 5) is 21.1. The van der Waals surface area contributed by atoms with Gasteiger partial charge in [-0.2, -0.15) is 0 Å². The topological polar surface area (TPSA) is 74.3 Å². The second kappa shape index (κ2) is 14.1. The molecule has 0 saturated carbocycles. The van der Waals surface area contributed by atoms with Gasteiger partial charge in [0.15, 0.2) is 0 Å². The molecule has 0 bridgehead atoms. The molecule has 6 rings (SSSR count). The van der Waals surface area contributed by atoms with E-state index < -0.39 is 18.4 Å². The van der Waals surface area contributed by atoms with E-state index in [9.17, 15) is 14.3 Å². The van der Waals surface area contributed by atoms with Gasteiger partial charge in [0.1, 0.15) is 23.8 Å². The molecular formula is C35H41F2N3O4. The highest BCUT2D eigenvalue weighted by Crippen LogP contribution is 2.34. The molecule has 2 N–H and O–H groups in total. The van der Waals surface area contributed by atoms with E-state index in [4.69, 9.17) is 9.57 Å². The number of rotatable bonds is 9. The van der Waals surface area contributed by atoms with Gasteiger partial charge >= 0.3 is 0 Å². The average molecular weight is 606 g/mol. The van der Waals surface area contributed by atoms with Crippen LogP contribution in [0.15, 0.2) is 72.8 Å². The summed E-state index contributed by atoms with van der Waals surface area (Å²) in [5.74, 6) is 0.517. The Morgan fingerprint density at radius 3 is 2.25 bits per heavy atom. The van der Waals surface area contributed by atoms with Crippen LogP contribution in [0.1, 0.15) is 53.4 Å². The number of hydroxylamine groups is 2. The molecule has 234 valence electrons. The van der Waals surface area contributed by atoms with Crippen LogP contribution in [0.5, 0.6) is 11.5 Å². The molecule has 3 aromatic carbocycles. The highest BCUT2D eigenvalue weighted by Gasteiger charge is 2.39. The normalized spacial score (nSPS) is 26.5. The first-order chi connectivity index (χ1) is 21.4. The Labute approximate surface area is 257 Å². The van der Waals surface area contributed by atoms with Crippen molar-refractivity contribution in [3.8, 4) is 11.5 Å². The Morgan fingerprint density at radius 2 is 1.55 bits per heavy atom. The Kier molecular flexibility index (Phi) is 9.74. The first-order valence-electron chi connectivity index (χ1n) is 15.7. The summed E-state index contributed by atoms with van der Waals surface area (Å²) in [6, 6.07) is 22.2. The van der Waals surface area contributed by atoms with Crippen LogP contribution in [0.2, 0.25) is 0 Å². The number of halogens is 2. The minimum atomic E-state index is -1.09. The fraction of sp³-hybridized carbons (Fsp3) is 0.457. The Balaban J connectivity index is 0.965. The number of amides is 1. The number of alkyl halides is 2. The zero-order chi connectivity index (χ0) is 30.5. The van der Waals surface area contributed by atoms with Crippen molar-refractivity contribution < 1.29 is 28.3 Å². The number of likely N-dealkylation sites (tertiary alicyclic amines) is 1. The molecule has 3 aromatic rings. The van der Waals surface area contributed by atoms with Gasteiger partial charge in [0.05, 0.1) is 25.8 Å². The molecule has 3 heterocycles. The molecule has 0 aromatic heterocycles. The number of ether oxygens (including phenoxy) is 1. The molecule has 44 heavy (non-hydrogen) atoms. The van der Waals surface area contributed by atoms with E-state index in [0.717, 1.165) is 47.4 Å². The van der Waals surface area contributed by atoms with E-state index in [-0.39, 0.29) is 30.0 Å². The number of carbonyl (C=O) groups is 1. The number of nitrogens with zero attached hydrogens (tertiary/aromatic N) is 2. The first kappa shape index (κ1) is 30.5. The van der Waals surface area contributed by atoms with Crippen molar-refractivity contribution in [1.29, 1.82) is 0 Å². The summed E-state index contributed by atoms with van der Waals surface area (Å²) in [7, 11) is 0. The van der Waals surface area contributed by atoms with Crippen LogP contribution in [0.3, 0.4) is 0 Å². The second-order valence-electron chi connectivity index (χ2n) is 12.1. The summed E-state index contributed by atoms with van der Waals surface area (Å²) in [5.41, 5.74) is 3.97. The third kappa shape index (κ3) is 7.22. The number of hydrogen-bond acceptors (Lipinski definition) is 6. The van der Waals surface area contributed by atoms with Crippen molar-refractivity contribution in [1.82, 2.24) is 15.3 Å². The minimum Gasteiger partial charge on any atom is -0.508 e. The largest absolute Gasteiger partial charge is 0.508 e. The highest BCUT2D eigenvalue weighted by molar-refractivity contribution is 5.81. The molecule has 0 aliphatic carbocycles. The maximum atomic E-state index is 15.2. The number of aromatic hydroxyl groups is 1. The lowest BCUT2D eigenvalue weighted by atomic mass is 9.87. The SMILES string of the molecule is O=C1C(N2CC[C@@H](c3ccc(O)cc3)[C@H](F)C2)CCON1Cc1ccc(CCOc2ccc(C3CCNC[C@H]3F)cc2)cc1. The zero-order valence-electron chi connectivity index (χ0n) is 24.9. The molecule has 3 saturated heterocycles. The summed E-state index contributed by atoms with van der Waals surface area (Å²) >= 11 is 0. The lowest BCUT2D eigenvalue weighted by Crippen LogP contribution is -2.56. The van der Waals surface area contributed by atoms with Gasteiger partial charge in [0.2, 0.25) is 0 Å². The monoisotopic (exact) mass is 605 g/mol. The van der Waals surface area contributed by atoms with Crippen LogP contribution in [0.25, 0.3) is 0 Å². The number of benzene rings is 3. The van der Waals surface area contributed by atoms with Gasteiger partial charge < -0.3 is 15.2 Å². The van der Waals surface area contributed by atoms with Gasteiger partial charge in [-0.1, -0.05) is 48.5 Å². The summed E-state index contributed by atoms with van der Waals surface area (Å²) in [6.45, 7) is 3.35. The molecule has 9 heteroatoms. The van der Waals surface area contributed by atoms with E-state index in [0.29, 0.717) is 45.7 Å². The molecule has 0 spiro atoms. The van der Waals surface area contributed by atoms with Crippen LogP contribution < -0.4 is 10.1 Å². The molecule has 3 fully saturated rings. The standard InChI is InChI=1S/C35H41F2N3O4/c36-32-21-38-17-13-30(32)27-7-11-29(12-8-27)43-19-15-24-1-3-25(4-2-24)22-40-35(42)34(16-20-44-40)39-18-14-31(33(37)23-39)26-5-9-28(41)10-6-26/h1-12,30-34,38,41H,13-23H2/t30?,31-,32+,33+,34?/m0/s1. The molecule has 1 amide bonds. The van der Waals surface area contributed by atoms with Gasteiger partial charge in [0, 0.05) is 31.3 Å². The van der Waals surface area contributed by atoms with E-state index in [2.05, 4.69) is 5.32 Å². The number of hydrogen-bond donors (Lipinski definition) is 2. The highest BCUT2D eigenvalue weighted by atomic mass is 19.1. The number of phenolic OH excluding ortho intramolecular Hbond substituents is 1. The Bertz CT molecular complexity index is 1370. The van der Waals surface area contributed by atoms with Crippen molar-refractivity contribution in [3.05, 3.63) is 95.1 Å². The number of phenols is 1. The average Bonchev–Trinajstić information content (AvgIpc) is 3.04. The van der Waals surface area contributed by atoms with Crippen LogP contribution >= 0.6 is 0 Å². The van der Waals surface area contributed by atoms with Crippen molar-refractivity contribution in [2.75, 3.05) is 39.4 Å². The molecule has 3 aliphatic rings. The molecular weight excluding hydrogens is 564 g/mol. The summed E-state index contributed by atoms with van der Waals surface area (Å²) in [6.07, 6.45) is 0.750. The molecule has 0 radical (unpaired) electrons. The Morgan fingerprint density at radius 1 is 0.864 bits per heavy atom. The van der Waals surface area contributed by atoms with Gasteiger partial charge in [0.25, 0.3) is 5.91 Å². The van der Waals surface area contributed by atoms with Crippen LogP contribution in [-0.4, -0.2) is 78.8 Å². The molecule has 7 nitrogen and oxygen atoms in total. The maximum Gasteiger partial charge on any atom is 0.263 e. The van der Waals surface area contributed by atoms with Gasteiger partial charge in [-0.15, -0.1) is 0 Å². The van der Waals surface area contributed by atoms with Gasteiger partial charge in [-0.25, -0.2) is 13.8 Å². The van der Waals surface area contributed by atoms with Crippen LogP contribution in [0.4, 0.5) is 8.78 Å². The van der Waals surface area contributed by atoms with Gasteiger partial charge in [-0.3, -0.25) is 14.5 Å². The van der Waals surface area contributed by atoms with E-state index in [1.807, 2.05) is 53.4 Å². The quantitative estimate of drug-likeness (QED) is 0.346. The maximum absolute atomic E-state index is 15.2. The summed E-state index contributed by atoms with van der Waals surface area (Å²) in [5, 5.41) is 14.1. The van der Waals surface area contributed by atoms with E-state index >= 15 is 4.39 Å². The predicted molar refractivity (Wildman–Crippen MR) is 164 cm³/mol. The molecule has 5 atom stereocenters. The van der Waals surface area contributed by atoms with E-state index in [1.54, 1.807) is 24.3 Å². The van der Waals surface area contributed by atoms with Gasteiger partial charge in [-0.05, 0) is 78.9 Å². The Hall–Kier alpha value is -3.53. The van der Waals surface area contributed by atoms with Crippen molar-refractivity contribution >= 4 is 5.91 Å². The minimum absolute atomic E-state index is 0.0576. The third-order valence-corrected chi connectivity index (χ3v) is 9.23. The van der Waals surface area contributed by atoms with Crippen LogP contribution in [0, 0.1) is 0 Å². The smallest absolute Gasteiger partial charge is 0.263 e. The fourth-order valence-electron chi connectivity index (χ4n) is 6.67.